The molecule has 0 spiro atoms. The largest absolute Gasteiger partial charge is 0.489 e. The van der Waals surface area contributed by atoms with Gasteiger partial charge in [0, 0.05) is 10.6 Å². The molecule has 2 rings (SSSR count). The molecule has 2 nitrogen and oxygen atoms in total. The molecule has 0 saturated carbocycles. The van der Waals surface area contributed by atoms with E-state index in [2.05, 4.69) is 65.0 Å². The topological polar surface area (TPSA) is 18.5 Å². The molecule has 1 aromatic carbocycles. The second kappa shape index (κ2) is 5.96. The fourth-order valence-electron chi connectivity index (χ4n) is 1.91. The van der Waals surface area contributed by atoms with Gasteiger partial charge in [0.1, 0.15) is 0 Å². The lowest BCUT2D eigenvalue weighted by Gasteiger charge is -2.32. The highest BCUT2D eigenvalue weighted by molar-refractivity contribution is 7.99. The van der Waals surface area contributed by atoms with Gasteiger partial charge in [-0.3, -0.25) is 0 Å². The highest BCUT2D eigenvalue weighted by Gasteiger charge is 2.51. The maximum Gasteiger partial charge on any atom is 0.489 e. The summed E-state index contributed by atoms with van der Waals surface area (Å²) in [5.41, 5.74) is 0.616. The average molecular weight is 290 g/mol. The van der Waals surface area contributed by atoms with Crippen molar-refractivity contribution in [3.8, 4) is 0 Å². The maximum atomic E-state index is 6.03. The SMILES string of the molecule is C/C(=C\CSc1ccccc1)B1OC(C)(C)C(C)(C)O1. The first-order chi connectivity index (χ1) is 9.32. The van der Waals surface area contributed by atoms with Crippen LogP contribution in [0.2, 0.25) is 0 Å². The molecule has 1 aliphatic heterocycles. The number of rotatable bonds is 4. The van der Waals surface area contributed by atoms with Gasteiger partial charge in [-0.25, -0.2) is 0 Å². The van der Waals surface area contributed by atoms with Crippen LogP contribution in [0.4, 0.5) is 0 Å². The van der Waals surface area contributed by atoms with Crippen LogP contribution in [0.1, 0.15) is 34.6 Å². The minimum Gasteiger partial charge on any atom is -0.400 e. The van der Waals surface area contributed by atoms with Crippen LogP contribution in [0, 0.1) is 0 Å². The molecule has 0 bridgehead atoms. The first-order valence-electron chi connectivity index (χ1n) is 7.02. The standard InChI is InChI=1S/C16H23BO2S/c1-13(11-12-20-14-9-7-6-8-10-14)17-18-15(2,3)16(4,5)19-17/h6-11H,12H2,1-5H3/b13-11+. The minimum absolute atomic E-state index is 0.226. The Kier molecular flexibility index (Phi) is 4.67. The minimum atomic E-state index is -0.265. The van der Waals surface area contributed by atoms with Crippen molar-refractivity contribution in [2.24, 2.45) is 0 Å². The zero-order valence-corrected chi connectivity index (χ0v) is 13.8. The first-order valence-corrected chi connectivity index (χ1v) is 8.00. The van der Waals surface area contributed by atoms with Gasteiger partial charge in [0.2, 0.25) is 0 Å². The highest BCUT2D eigenvalue weighted by Crippen LogP contribution is 2.38. The molecule has 1 saturated heterocycles. The zero-order valence-electron chi connectivity index (χ0n) is 13.0. The maximum absolute atomic E-state index is 6.03. The van der Waals surface area contributed by atoms with Crippen molar-refractivity contribution < 1.29 is 9.31 Å². The van der Waals surface area contributed by atoms with E-state index in [-0.39, 0.29) is 18.3 Å². The molecule has 108 valence electrons. The molecule has 1 aliphatic rings. The Balaban J connectivity index is 1.92. The van der Waals surface area contributed by atoms with Crippen LogP contribution in [0.25, 0.3) is 0 Å². The lowest BCUT2D eigenvalue weighted by Crippen LogP contribution is -2.41. The Morgan fingerprint density at radius 1 is 1.10 bits per heavy atom. The van der Waals surface area contributed by atoms with Crippen molar-refractivity contribution in [2.45, 2.75) is 50.7 Å². The van der Waals surface area contributed by atoms with Gasteiger partial charge in [-0.05, 0) is 52.2 Å². The first kappa shape index (κ1) is 15.7. The van der Waals surface area contributed by atoms with Crippen LogP contribution < -0.4 is 0 Å². The van der Waals surface area contributed by atoms with Gasteiger partial charge in [-0.2, -0.15) is 0 Å². The molecule has 0 radical (unpaired) electrons. The Bertz CT molecular complexity index is 467. The van der Waals surface area contributed by atoms with Crippen LogP contribution in [-0.2, 0) is 9.31 Å². The third-order valence-corrected chi connectivity index (χ3v) is 4.96. The summed E-state index contributed by atoms with van der Waals surface area (Å²) in [6, 6.07) is 10.4. The summed E-state index contributed by atoms with van der Waals surface area (Å²) < 4.78 is 12.1. The number of hydrogen-bond donors (Lipinski definition) is 0. The van der Waals surface area contributed by atoms with E-state index in [1.807, 2.05) is 17.8 Å². The highest BCUT2D eigenvalue weighted by atomic mass is 32.2. The second-order valence-corrected chi connectivity index (χ2v) is 7.25. The predicted octanol–water partition coefficient (Wildman–Crippen LogP) is 4.36. The Hall–Kier alpha value is -0.705. The van der Waals surface area contributed by atoms with E-state index < -0.39 is 0 Å². The van der Waals surface area contributed by atoms with Crippen LogP contribution in [-0.4, -0.2) is 24.1 Å². The molecular weight excluding hydrogens is 267 g/mol. The van der Waals surface area contributed by atoms with E-state index in [4.69, 9.17) is 9.31 Å². The molecule has 4 heteroatoms. The van der Waals surface area contributed by atoms with Gasteiger partial charge in [-0.1, -0.05) is 24.3 Å². The molecule has 1 fully saturated rings. The molecule has 0 atom stereocenters. The van der Waals surface area contributed by atoms with Crippen LogP contribution in [0.5, 0.6) is 0 Å². The smallest absolute Gasteiger partial charge is 0.400 e. The molecule has 1 aromatic rings. The van der Waals surface area contributed by atoms with Crippen LogP contribution in [0.3, 0.4) is 0 Å². The van der Waals surface area contributed by atoms with E-state index in [0.29, 0.717) is 0 Å². The van der Waals surface area contributed by atoms with E-state index >= 15 is 0 Å². The number of hydrogen-bond acceptors (Lipinski definition) is 3. The van der Waals surface area contributed by atoms with Crippen molar-refractivity contribution in [3.63, 3.8) is 0 Å². The summed E-state index contributed by atoms with van der Waals surface area (Å²) in [5.74, 6) is 0.930. The fourth-order valence-corrected chi connectivity index (χ4v) is 2.80. The zero-order chi connectivity index (χ0) is 14.8. The number of allylic oxidation sites excluding steroid dienone is 1. The molecule has 0 amide bonds. The summed E-state index contributed by atoms with van der Waals surface area (Å²) >= 11 is 1.82. The van der Waals surface area contributed by atoms with Gasteiger partial charge in [0.05, 0.1) is 11.2 Å². The van der Waals surface area contributed by atoms with E-state index in [1.165, 1.54) is 4.90 Å². The summed E-state index contributed by atoms with van der Waals surface area (Å²) in [6.45, 7) is 10.4. The quantitative estimate of drug-likeness (QED) is 0.606. The molecule has 0 aromatic heterocycles. The Morgan fingerprint density at radius 3 is 2.20 bits per heavy atom. The third kappa shape index (κ3) is 3.49. The molecule has 1 heterocycles. The van der Waals surface area contributed by atoms with Crippen molar-refractivity contribution in [1.82, 2.24) is 0 Å². The van der Waals surface area contributed by atoms with E-state index in [1.54, 1.807) is 0 Å². The van der Waals surface area contributed by atoms with Gasteiger partial charge in [-0.15, -0.1) is 11.8 Å². The van der Waals surface area contributed by atoms with Crippen molar-refractivity contribution in [1.29, 1.82) is 0 Å². The Morgan fingerprint density at radius 2 is 1.65 bits per heavy atom. The third-order valence-electron chi connectivity index (χ3n) is 4.02. The van der Waals surface area contributed by atoms with Gasteiger partial charge in [0.25, 0.3) is 0 Å². The van der Waals surface area contributed by atoms with Crippen LogP contribution in [0.15, 0.2) is 46.8 Å². The Labute approximate surface area is 127 Å². The average Bonchev–Trinajstić information content (AvgIpc) is 2.60. The number of thioether (sulfide) groups is 1. The monoisotopic (exact) mass is 290 g/mol. The second-order valence-electron chi connectivity index (χ2n) is 6.16. The van der Waals surface area contributed by atoms with Gasteiger partial charge >= 0.3 is 7.12 Å². The molecule has 20 heavy (non-hydrogen) atoms. The van der Waals surface area contributed by atoms with Crippen molar-refractivity contribution in [2.75, 3.05) is 5.75 Å². The molecular formula is C16H23BO2S. The fraction of sp³-hybridized carbons (Fsp3) is 0.500. The molecule has 0 aliphatic carbocycles. The normalized spacial score (nSPS) is 21.2. The summed E-state index contributed by atoms with van der Waals surface area (Å²) in [6.07, 6.45) is 2.19. The summed E-state index contributed by atoms with van der Waals surface area (Å²) in [4.78, 5) is 1.28. The van der Waals surface area contributed by atoms with Crippen molar-refractivity contribution >= 4 is 18.9 Å². The number of benzene rings is 1. The summed E-state index contributed by atoms with van der Waals surface area (Å²) in [7, 11) is -0.226. The van der Waals surface area contributed by atoms with Crippen molar-refractivity contribution in [3.05, 3.63) is 41.9 Å². The molecule has 0 unspecified atom stereocenters. The van der Waals surface area contributed by atoms with E-state index in [0.717, 1.165) is 11.2 Å². The molecule has 0 N–H and O–H groups in total. The van der Waals surface area contributed by atoms with E-state index in [9.17, 15) is 0 Å². The van der Waals surface area contributed by atoms with Gasteiger partial charge < -0.3 is 9.31 Å². The van der Waals surface area contributed by atoms with Crippen LogP contribution >= 0.6 is 11.8 Å². The lowest BCUT2D eigenvalue weighted by atomic mass is 9.79. The lowest BCUT2D eigenvalue weighted by molar-refractivity contribution is 0.00578. The summed E-state index contributed by atoms with van der Waals surface area (Å²) in [5, 5.41) is 0. The van der Waals surface area contributed by atoms with Gasteiger partial charge in [0.15, 0.2) is 0 Å². The predicted molar refractivity (Wildman–Crippen MR) is 87.0 cm³/mol.